The molecule has 6 aromatic carbocycles. The van der Waals surface area contributed by atoms with Crippen molar-refractivity contribution in [2.45, 2.75) is 95.7 Å². The molecule has 2 saturated heterocycles. The van der Waals surface area contributed by atoms with Crippen LogP contribution in [0.2, 0.25) is 0 Å². The minimum absolute atomic E-state index is 0. The smallest absolute Gasteiger partial charge is 0.762 e. The number of amides is 4. The molecule has 4 aliphatic heterocycles. The molecule has 4 aliphatic rings. The third-order valence-electron chi connectivity index (χ3n) is 11.2. The second-order valence-electron chi connectivity index (χ2n) is 16.1. The number of ether oxygens (including phenoxy) is 2. The number of halogens is 12. The fraction of sp³-hybridized carbons (Fsp3) is 0.200. The first-order chi connectivity index (χ1) is 35.7. The lowest BCUT2D eigenvalue weighted by atomic mass is 10.1. The van der Waals surface area contributed by atoms with Gasteiger partial charge in [0.1, 0.15) is 24.1 Å². The van der Waals surface area contributed by atoms with E-state index in [1.54, 1.807) is 38.1 Å². The van der Waals surface area contributed by atoms with Crippen molar-refractivity contribution in [2.24, 2.45) is 0 Å². The zero-order chi connectivity index (χ0) is 54.4. The molecule has 6 aromatic rings. The number of rotatable bonds is 7. The second kappa shape index (κ2) is 25.6. The molecule has 0 N–H and O–H groups in total. The van der Waals surface area contributed by atoms with Crippen LogP contribution in [0, 0.1) is 46.5 Å². The standard InChI is InChI=1S/C25H18F4NO3S2.C13H15NO3.C12H4F4OS2.BF3.FH/c1-2-24(31)30-14(12-33-25(30)32)7-13-3-5-15(6-4-13)35-22-10-18(28)16(26)8-20(22)34-21-9-17(27)19(29)11-23(21)35;1-2-12(15)14-11(9-17-13(14)16)8-10-6-4-3-5-7-10;13-5-1-9-11(3-7(5)15)19(17)12-4-8(16)6(14)2-10(12)18-9;2-1(3)4;/h3-6,8-11,14H,2,7,12H2,1H3;3-7,11H,2,8-9H2,1H3;1-4H;;1H/q+1;;;;/p-1/t14-;11-;;;/m11.../s1. The summed E-state index contributed by atoms with van der Waals surface area (Å²) in [5.41, 5.74) is 1.93. The predicted molar refractivity (Wildman–Crippen MR) is 254 cm³/mol. The molecule has 9 nitrogen and oxygen atoms in total. The number of carbonyl (C=O) groups is 4. The zero-order valence-corrected chi connectivity index (χ0v) is 42.5. The van der Waals surface area contributed by atoms with Crippen LogP contribution in [0.15, 0.2) is 147 Å². The van der Waals surface area contributed by atoms with E-state index < -0.39 is 94.0 Å². The van der Waals surface area contributed by atoms with Crippen LogP contribution in [-0.2, 0) is 53.6 Å². The molecular formula is C50H37BF12N2O7S4. The number of imide groups is 2. The normalized spacial score (nSPS) is 16.1. The van der Waals surface area contributed by atoms with E-state index in [4.69, 9.17) is 9.47 Å². The van der Waals surface area contributed by atoms with Gasteiger partial charge in [0.05, 0.1) is 42.5 Å². The molecular weight excluding hydrogens is 1110 g/mol. The summed E-state index contributed by atoms with van der Waals surface area (Å²) in [6.07, 6.45) is 0.361. The Labute approximate surface area is 439 Å². The molecule has 2 atom stereocenters. The van der Waals surface area contributed by atoms with Gasteiger partial charge in [0.25, 0.3) is 0 Å². The molecule has 4 heterocycles. The maximum Gasteiger partial charge on any atom is 0.762 e. The van der Waals surface area contributed by atoms with Crippen LogP contribution < -0.4 is 4.70 Å². The summed E-state index contributed by atoms with van der Waals surface area (Å²) in [5.74, 6) is -8.95. The average Bonchev–Trinajstić information content (AvgIpc) is 3.96. The van der Waals surface area contributed by atoms with Crippen molar-refractivity contribution in [1.29, 1.82) is 0 Å². The van der Waals surface area contributed by atoms with Crippen molar-refractivity contribution in [1.82, 2.24) is 9.80 Å². The van der Waals surface area contributed by atoms with Crippen molar-refractivity contribution < 1.29 is 85.6 Å². The van der Waals surface area contributed by atoms with Crippen LogP contribution in [0.5, 0.6) is 0 Å². The van der Waals surface area contributed by atoms with Gasteiger partial charge in [0, 0.05) is 34.8 Å². The average molecular weight is 1140 g/mol. The molecule has 0 spiro atoms. The van der Waals surface area contributed by atoms with Gasteiger partial charge < -0.3 is 14.2 Å². The quantitative estimate of drug-likeness (QED) is 0.0876. The summed E-state index contributed by atoms with van der Waals surface area (Å²) < 4.78 is 160. The van der Waals surface area contributed by atoms with Crippen LogP contribution in [-0.4, -0.2) is 70.9 Å². The maximum atomic E-state index is 14.2. The Bertz CT molecular complexity index is 3070. The lowest BCUT2D eigenvalue weighted by Gasteiger charge is -2.20. The fourth-order valence-electron chi connectivity index (χ4n) is 7.79. The molecule has 0 unspecified atom stereocenters. The van der Waals surface area contributed by atoms with Crippen molar-refractivity contribution >= 4 is 76.8 Å². The van der Waals surface area contributed by atoms with Crippen molar-refractivity contribution in [2.75, 3.05) is 13.2 Å². The van der Waals surface area contributed by atoms with Gasteiger partial charge >= 0.3 is 19.7 Å². The van der Waals surface area contributed by atoms with Gasteiger partial charge in [-0.3, -0.25) is 22.5 Å². The Morgan fingerprint density at radius 2 is 0.908 bits per heavy atom. The number of carbonyl (C=O) groups excluding carboxylic acids is 4. The van der Waals surface area contributed by atoms with Gasteiger partial charge in [-0.25, -0.2) is 58.7 Å². The Balaban J connectivity index is 0.000000193. The van der Waals surface area contributed by atoms with E-state index in [0.29, 0.717) is 50.3 Å². The van der Waals surface area contributed by atoms with Gasteiger partial charge in [0.2, 0.25) is 11.8 Å². The Hall–Kier alpha value is -6.38. The SMILES string of the molecule is CCC(=O)N1C(=O)OC[C@H]1Cc1ccc([S+]2c3cc(F)c(F)cc3Sc3cc(F)c(F)cc32)cc1.CCC(=O)N1C(=O)OC[C@H]1Cc1ccccc1.FB(F)F.O=S1c2cc(F)c(F)cc2Sc2cc(F)c(F)cc21.[F-]. The first-order valence-electron chi connectivity index (χ1n) is 22.2. The molecule has 0 aromatic heterocycles. The predicted octanol–water partition coefficient (Wildman–Crippen LogP) is 9.85. The van der Waals surface area contributed by atoms with Gasteiger partial charge in [0.15, 0.2) is 61.2 Å². The molecule has 26 heteroatoms. The second-order valence-corrected chi connectivity index (χ2v) is 21.7. The lowest BCUT2D eigenvalue weighted by Crippen LogP contribution is -3.00. The molecule has 2 fully saturated rings. The molecule has 0 aliphatic carbocycles. The highest BCUT2D eigenvalue weighted by molar-refractivity contribution is 8.04. The van der Waals surface area contributed by atoms with E-state index in [1.165, 1.54) is 4.90 Å². The minimum Gasteiger partial charge on any atom is -1.00 e. The van der Waals surface area contributed by atoms with Crippen molar-refractivity contribution in [3.8, 4) is 0 Å². The molecule has 10 rings (SSSR count). The highest BCUT2D eigenvalue weighted by Gasteiger charge is 2.42. The Kier molecular flexibility index (Phi) is 19.9. The van der Waals surface area contributed by atoms with Crippen LogP contribution in [0.25, 0.3) is 0 Å². The largest absolute Gasteiger partial charge is 1.00 e. The summed E-state index contributed by atoms with van der Waals surface area (Å²) in [5, 5.41) is 0. The first kappa shape index (κ1) is 58.9. The third kappa shape index (κ3) is 13.4. The van der Waals surface area contributed by atoms with Crippen LogP contribution in [0.1, 0.15) is 37.8 Å². The Morgan fingerprint density at radius 1 is 0.566 bits per heavy atom. The summed E-state index contributed by atoms with van der Waals surface area (Å²) in [7, 11) is -6.53. The number of nitrogens with zero attached hydrogens (tertiary/aromatic N) is 2. The molecule has 76 heavy (non-hydrogen) atoms. The lowest BCUT2D eigenvalue weighted by molar-refractivity contribution is -0.129. The summed E-state index contributed by atoms with van der Waals surface area (Å²) in [4.78, 5) is 52.7. The van der Waals surface area contributed by atoms with E-state index in [2.05, 4.69) is 0 Å². The maximum absolute atomic E-state index is 14.2. The van der Waals surface area contributed by atoms with E-state index in [9.17, 15) is 71.5 Å². The molecule has 0 radical (unpaired) electrons. The Morgan fingerprint density at radius 3 is 1.30 bits per heavy atom. The van der Waals surface area contributed by atoms with E-state index >= 15 is 0 Å². The van der Waals surface area contributed by atoms with Crippen molar-refractivity contribution in [3.63, 3.8) is 0 Å². The highest BCUT2D eigenvalue weighted by Crippen LogP contribution is 2.50. The molecule has 400 valence electrons. The number of cyclic esters (lactones) is 2. The monoisotopic (exact) mass is 1140 g/mol. The number of hydrogen-bond acceptors (Lipinski definition) is 9. The number of benzene rings is 6. The van der Waals surface area contributed by atoms with Crippen molar-refractivity contribution in [3.05, 3.63) is 161 Å². The topological polar surface area (TPSA) is 110 Å². The molecule has 0 saturated carbocycles. The van der Waals surface area contributed by atoms with Gasteiger partial charge in [-0.2, -0.15) is 0 Å². The summed E-state index contributed by atoms with van der Waals surface area (Å²) >= 11 is 1.99. The summed E-state index contributed by atoms with van der Waals surface area (Å²) in [6.45, 7) is 3.81. The fourth-order valence-corrected chi connectivity index (χ4v) is 14.3. The summed E-state index contributed by atoms with van der Waals surface area (Å²) in [6, 6.07) is 24.2. The first-order valence-corrected chi connectivity index (χ1v) is 26.2. The van der Waals surface area contributed by atoms with E-state index in [0.717, 1.165) is 88.1 Å². The molecule has 0 bridgehead atoms. The van der Waals surface area contributed by atoms with Crippen LogP contribution in [0.4, 0.5) is 57.7 Å². The van der Waals surface area contributed by atoms with Gasteiger partial charge in [-0.15, -0.1) is 0 Å². The number of hydrogen-bond donors (Lipinski definition) is 0. The minimum atomic E-state index is -3.67. The van der Waals surface area contributed by atoms with Crippen LogP contribution in [0.3, 0.4) is 0 Å². The highest BCUT2D eigenvalue weighted by atomic mass is 32.2. The van der Waals surface area contributed by atoms with E-state index in [1.807, 2.05) is 30.3 Å². The van der Waals surface area contributed by atoms with Crippen LogP contribution >= 0.6 is 23.5 Å². The third-order valence-corrected chi connectivity index (χ3v) is 17.8. The zero-order valence-electron chi connectivity index (χ0n) is 39.2. The van der Waals surface area contributed by atoms with Gasteiger partial charge in [-0.05, 0) is 72.5 Å². The molecule has 4 amide bonds. The van der Waals surface area contributed by atoms with E-state index in [-0.39, 0.29) is 55.2 Å². The van der Waals surface area contributed by atoms with Gasteiger partial charge in [-0.1, -0.05) is 79.8 Å². The number of fused-ring (bicyclic) bond motifs is 4.